The zero-order chi connectivity index (χ0) is 19.3. The van der Waals surface area contributed by atoms with Gasteiger partial charge in [-0.1, -0.05) is 29.3 Å². The summed E-state index contributed by atoms with van der Waals surface area (Å²) in [4.78, 5) is 16.0. The predicted octanol–water partition coefficient (Wildman–Crippen LogP) is 1.47. The maximum atomic E-state index is 12.4. The average Bonchev–Trinajstić information content (AvgIpc) is 2.62. The van der Waals surface area contributed by atoms with Crippen LogP contribution in [0.1, 0.15) is 0 Å². The molecule has 7 nitrogen and oxygen atoms in total. The number of benzene rings is 1. The number of hydrogen-bond acceptors (Lipinski definition) is 6. The highest BCUT2D eigenvalue weighted by Crippen LogP contribution is 2.22. The molecule has 1 amide bonds. The van der Waals surface area contributed by atoms with Crippen molar-refractivity contribution in [3.8, 4) is 0 Å². The highest BCUT2D eigenvalue weighted by molar-refractivity contribution is 6.45. The van der Waals surface area contributed by atoms with Crippen LogP contribution in [-0.2, 0) is 4.79 Å². The molecule has 1 fully saturated rings. The molecular weight excluding hydrogens is 378 g/mol. The topological polar surface area (TPSA) is 99.9 Å². The maximum absolute atomic E-state index is 12.4. The van der Waals surface area contributed by atoms with E-state index in [1.54, 1.807) is 40.8 Å². The molecule has 1 aromatic carbocycles. The second-order valence-electron chi connectivity index (χ2n) is 5.96. The standard InChI is InChI=1S/C16H21BCl2N4O3/c1-17(26)22-5-6-23(13(9-22)10-24)14(8-20)15(19)16(25)21-12-4-2-3-11(18)7-12/h2-4,7-8,13,20,24,26H,5-6,9-10H2,1H3,(H,21,25). The van der Waals surface area contributed by atoms with Crippen molar-refractivity contribution in [2.24, 2.45) is 0 Å². The fourth-order valence-corrected chi connectivity index (χ4v) is 3.23. The van der Waals surface area contributed by atoms with E-state index in [9.17, 15) is 14.9 Å². The zero-order valence-electron chi connectivity index (χ0n) is 14.3. The summed E-state index contributed by atoms with van der Waals surface area (Å²) in [5.41, 5.74) is 0.707. The minimum Gasteiger partial charge on any atom is -0.437 e. The molecule has 0 aromatic heterocycles. The van der Waals surface area contributed by atoms with Gasteiger partial charge in [0.1, 0.15) is 5.03 Å². The molecule has 0 bridgehead atoms. The number of nitrogens with zero attached hydrogens (tertiary/aromatic N) is 2. The predicted molar refractivity (Wildman–Crippen MR) is 105 cm³/mol. The van der Waals surface area contributed by atoms with Gasteiger partial charge in [-0.3, -0.25) is 4.79 Å². The van der Waals surface area contributed by atoms with Gasteiger partial charge in [0.25, 0.3) is 5.91 Å². The summed E-state index contributed by atoms with van der Waals surface area (Å²) < 4.78 is 0. The van der Waals surface area contributed by atoms with Crippen LogP contribution in [-0.4, -0.2) is 71.3 Å². The summed E-state index contributed by atoms with van der Waals surface area (Å²) in [6.45, 7) is 2.79. The summed E-state index contributed by atoms with van der Waals surface area (Å²) in [5.74, 6) is -0.568. The Morgan fingerprint density at radius 1 is 1.50 bits per heavy atom. The lowest BCUT2D eigenvalue weighted by molar-refractivity contribution is -0.112. The molecule has 10 heteroatoms. The van der Waals surface area contributed by atoms with Crippen LogP contribution in [0.5, 0.6) is 0 Å². The first-order valence-electron chi connectivity index (χ1n) is 8.14. The Morgan fingerprint density at radius 3 is 2.81 bits per heavy atom. The van der Waals surface area contributed by atoms with Crippen LogP contribution in [0.4, 0.5) is 5.69 Å². The molecule has 1 aliphatic rings. The Bertz CT molecular complexity index is 702. The highest BCUT2D eigenvalue weighted by Gasteiger charge is 2.32. The number of anilines is 1. The van der Waals surface area contributed by atoms with Crippen molar-refractivity contribution in [2.45, 2.75) is 12.9 Å². The lowest BCUT2D eigenvalue weighted by atomic mass is 9.83. The van der Waals surface area contributed by atoms with Gasteiger partial charge in [0.2, 0.25) is 0 Å². The number of rotatable bonds is 6. The largest absolute Gasteiger partial charge is 0.437 e. The molecule has 0 radical (unpaired) electrons. The Morgan fingerprint density at radius 2 is 2.23 bits per heavy atom. The van der Waals surface area contributed by atoms with Gasteiger partial charge in [0.05, 0.1) is 18.3 Å². The SMILES string of the molecule is CB(O)N1CCN(C(C=N)=C(Cl)C(=O)Nc2cccc(Cl)c2)C(CO)C1. The molecule has 1 aromatic rings. The van der Waals surface area contributed by atoms with Crippen molar-refractivity contribution < 1.29 is 14.9 Å². The molecule has 1 saturated heterocycles. The Kier molecular flexibility index (Phi) is 7.49. The smallest absolute Gasteiger partial charge is 0.376 e. The lowest BCUT2D eigenvalue weighted by Crippen LogP contribution is -2.57. The number of aliphatic hydroxyl groups excluding tert-OH is 1. The van der Waals surface area contributed by atoms with Crippen molar-refractivity contribution in [2.75, 3.05) is 31.6 Å². The first kappa shape index (κ1) is 20.7. The number of piperazine rings is 1. The molecule has 1 unspecified atom stereocenters. The van der Waals surface area contributed by atoms with Crippen molar-refractivity contribution in [1.29, 1.82) is 5.41 Å². The van der Waals surface area contributed by atoms with E-state index in [2.05, 4.69) is 5.32 Å². The van der Waals surface area contributed by atoms with Crippen LogP contribution in [0.2, 0.25) is 11.8 Å². The van der Waals surface area contributed by atoms with Crippen molar-refractivity contribution >= 4 is 48.1 Å². The number of hydrogen-bond donors (Lipinski definition) is 4. The van der Waals surface area contributed by atoms with E-state index in [1.807, 2.05) is 0 Å². The number of aliphatic hydroxyl groups is 1. The molecule has 0 spiro atoms. The second-order valence-corrected chi connectivity index (χ2v) is 6.78. The minimum absolute atomic E-state index is 0.149. The maximum Gasteiger partial charge on any atom is 0.376 e. The van der Waals surface area contributed by atoms with E-state index in [4.69, 9.17) is 28.6 Å². The molecule has 26 heavy (non-hydrogen) atoms. The van der Waals surface area contributed by atoms with E-state index in [1.165, 1.54) is 0 Å². The Hall–Kier alpha value is -1.58. The quantitative estimate of drug-likeness (QED) is 0.330. The van der Waals surface area contributed by atoms with Gasteiger partial charge in [-0.05, 0) is 25.0 Å². The van der Waals surface area contributed by atoms with Crippen LogP contribution in [0, 0.1) is 5.41 Å². The van der Waals surface area contributed by atoms with Crippen molar-refractivity contribution in [3.63, 3.8) is 0 Å². The Labute approximate surface area is 162 Å². The van der Waals surface area contributed by atoms with Gasteiger partial charge >= 0.3 is 7.05 Å². The molecular formula is C16H21BCl2N4O3. The molecule has 1 atom stereocenters. The van der Waals surface area contributed by atoms with Gasteiger partial charge in [-0.15, -0.1) is 0 Å². The summed E-state index contributed by atoms with van der Waals surface area (Å²) in [5, 5.41) is 30.1. The Balaban J connectivity index is 2.20. The monoisotopic (exact) mass is 398 g/mol. The van der Waals surface area contributed by atoms with Gasteiger partial charge in [0.15, 0.2) is 0 Å². The fraction of sp³-hybridized carbons (Fsp3) is 0.375. The number of carbonyl (C=O) groups is 1. The molecule has 1 heterocycles. The van der Waals surface area contributed by atoms with Crippen molar-refractivity contribution in [3.05, 3.63) is 40.0 Å². The molecule has 0 aliphatic carbocycles. The first-order valence-corrected chi connectivity index (χ1v) is 8.89. The molecule has 2 rings (SSSR count). The van der Waals surface area contributed by atoms with E-state index in [-0.39, 0.29) is 23.4 Å². The van der Waals surface area contributed by atoms with Crippen LogP contribution in [0.3, 0.4) is 0 Å². The summed E-state index contributed by atoms with van der Waals surface area (Å²) >= 11 is 12.1. The third-order valence-electron chi connectivity index (χ3n) is 4.21. The van der Waals surface area contributed by atoms with Crippen LogP contribution in [0.25, 0.3) is 0 Å². The van der Waals surface area contributed by atoms with E-state index in [0.29, 0.717) is 30.3 Å². The van der Waals surface area contributed by atoms with Gasteiger partial charge in [0, 0.05) is 36.6 Å². The minimum atomic E-state index is -0.639. The van der Waals surface area contributed by atoms with Gasteiger partial charge in [-0.25, -0.2) is 0 Å². The highest BCUT2D eigenvalue weighted by atomic mass is 35.5. The number of nitrogens with one attached hydrogen (secondary N) is 2. The third kappa shape index (κ3) is 4.99. The number of amides is 1. The second kappa shape index (κ2) is 9.39. The number of halogens is 2. The van der Waals surface area contributed by atoms with Gasteiger partial charge < -0.3 is 30.6 Å². The molecule has 0 saturated carbocycles. The van der Waals surface area contributed by atoms with E-state index >= 15 is 0 Å². The normalized spacial score (nSPS) is 19.0. The zero-order valence-corrected chi connectivity index (χ0v) is 15.8. The van der Waals surface area contributed by atoms with Crippen LogP contribution in [0.15, 0.2) is 35.0 Å². The van der Waals surface area contributed by atoms with E-state index < -0.39 is 13.0 Å². The van der Waals surface area contributed by atoms with Gasteiger partial charge in [-0.2, -0.15) is 0 Å². The summed E-state index contributed by atoms with van der Waals surface area (Å²) in [6.07, 6.45) is 1.00. The summed E-state index contributed by atoms with van der Waals surface area (Å²) in [7, 11) is -0.639. The fourth-order valence-electron chi connectivity index (χ4n) is 2.83. The van der Waals surface area contributed by atoms with Crippen LogP contribution >= 0.6 is 23.2 Å². The van der Waals surface area contributed by atoms with Crippen molar-refractivity contribution in [1.82, 2.24) is 9.71 Å². The molecule has 4 N–H and O–H groups in total. The number of allylic oxidation sites excluding steroid dienone is 1. The first-order chi connectivity index (χ1) is 12.4. The van der Waals surface area contributed by atoms with Crippen LogP contribution < -0.4 is 5.32 Å². The van der Waals surface area contributed by atoms with E-state index in [0.717, 1.165) is 6.21 Å². The average molecular weight is 399 g/mol. The lowest BCUT2D eigenvalue weighted by Gasteiger charge is -2.43. The number of carbonyl (C=O) groups excluding carboxylic acids is 1. The third-order valence-corrected chi connectivity index (χ3v) is 4.81. The molecule has 1 aliphatic heterocycles. The summed E-state index contributed by atoms with van der Waals surface area (Å²) in [6, 6.07) is 6.26. The molecule has 140 valence electrons.